The molecule has 0 bridgehead atoms. The van der Waals surface area contributed by atoms with Gasteiger partial charge in [-0.1, -0.05) is 53.0 Å². The highest BCUT2D eigenvalue weighted by atomic mass is 35.5. The first-order valence-electron chi connectivity index (χ1n) is 13.1. The van der Waals surface area contributed by atoms with Gasteiger partial charge in [0.1, 0.15) is 12.4 Å². The summed E-state index contributed by atoms with van der Waals surface area (Å²) in [5.41, 5.74) is 9.01. The van der Waals surface area contributed by atoms with Gasteiger partial charge in [0.25, 0.3) is 0 Å². The fourth-order valence-electron chi connectivity index (χ4n) is 5.43. The second-order valence-electron chi connectivity index (χ2n) is 10.8. The first-order chi connectivity index (χ1) is 19.0. The first kappa shape index (κ1) is 28.8. The summed E-state index contributed by atoms with van der Waals surface area (Å²) in [6.07, 6.45) is 2.59. The predicted molar refractivity (Wildman–Crippen MR) is 157 cm³/mol. The molecule has 5 rings (SSSR count). The maximum atomic E-state index is 11.5. The number of aliphatic hydroxyl groups is 2. The zero-order valence-corrected chi connectivity index (χ0v) is 24.1. The molecule has 0 radical (unpaired) electrons. The number of aromatic carboxylic acids is 1. The van der Waals surface area contributed by atoms with Crippen LogP contribution in [-0.4, -0.2) is 27.9 Å². The van der Waals surface area contributed by atoms with Gasteiger partial charge in [-0.25, -0.2) is 4.79 Å². The molecule has 0 aliphatic heterocycles. The van der Waals surface area contributed by atoms with Gasteiger partial charge >= 0.3 is 5.97 Å². The van der Waals surface area contributed by atoms with Crippen molar-refractivity contribution in [3.05, 3.63) is 109 Å². The second kappa shape index (κ2) is 11.3. The van der Waals surface area contributed by atoms with E-state index in [9.17, 15) is 20.1 Å². The Balaban J connectivity index is 1.31. The van der Waals surface area contributed by atoms with Crippen LogP contribution in [0.15, 0.2) is 65.9 Å². The third-order valence-electron chi connectivity index (χ3n) is 7.80. The van der Waals surface area contributed by atoms with Crippen molar-refractivity contribution in [1.29, 1.82) is 0 Å². The number of carboxylic acids is 1. The summed E-state index contributed by atoms with van der Waals surface area (Å²) in [4.78, 5) is 11.5. The normalized spacial score (nSPS) is 21.8. The van der Waals surface area contributed by atoms with Gasteiger partial charge < -0.3 is 25.8 Å². The molecule has 6 nitrogen and oxygen atoms in total. The van der Waals surface area contributed by atoms with Crippen molar-refractivity contribution in [2.24, 2.45) is 11.7 Å². The lowest BCUT2D eigenvalue weighted by Gasteiger charge is -2.45. The van der Waals surface area contributed by atoms with Crippen LogP contribution in [0, 0.1) is 12.8 Å². The molecule has 2 aliphatic rings. The average Bonchev–Trinajstić information content (AvgIpc) is 3.72. The highest BCUT2D eigenvalue weighted by Gasteiger charge is 2.46. The lowest BCUT2D eigenvalue weighted by Crippen LogP contribution is -2.40. The number of carbonyl (C=O) groups is 1. The van der Waals surface area contributed by atoms with E-state index in [2.05, 4.69) is 0 Å². The molecule has 1 unspecified atom stereocenters. The molecule has 0 aromatic heterocycles. The zero-order valence-electron chi connectivity index (χ0n) is 21.8. The lowest BCUT2D eigenvalue weighted by molar-refractivity contribution is -0.0549. The van der Waals surface area contributed by atoms with Gasteiger partial charge in [0.2, 0.25) is 0 Å². The van der Waals surface area contributed by atoms with Crippen LogP contribution in [0.5, 0.6) is 5.75 Å². The SMILES string of the molecule is Cc1cc(C(=O)O)cc(C2CC(O)(c3ccc(OC/C(=C(/O)C4CC4)C(N)c4c(Cl)cccc4Cl)cc3Cl)C2)c1. The maximum Gasteiger partial charge on any atom is 0.335 e. The number of hydrogen-bond acceptors (Lipinski definition) is 5. The van der Waals surface area contributed by atoms with Crippen LogP contribution in [0.1, 0.15) is 70.3 Å². The highest BCUT2D eigenvalue weighted by Crippen LogP contribution is 2.53. The van der Waals surface area contributed by atoms with Crippen LogP contribution >= 0.6 is 34.8 Å². The third kappa shape index (κ3) is 5.83. The van der Waals surface area contributed by atoms with Gasteiger partial charge in [-0.15, -0.1) is 0 Å². The van der Waals surface area contributed by atoms with E-state index < -0.39 is 17.6 Å². The van der Waals surface area contributed by atoms with E-state index >= 15 is 0 Å². The molecule has 0 heterocycles. The van der Waals surface area contributed by atoms with Gasteiger partial charge in [0.15, 0.2) is 0 Å². The van der Waals surface area contributed by atoms with Gasteiger partial charge in [-0.2, -0.15) is 0 Å². The van der Waals surface area contributed by atoms with Gasteiger partial charge in [0, 0.05) is 32.7 Å². The Kier molecular flexibility index (Phi) is 8.10. The van der Waals surface area contributed by atoms with Crippen LogP contribution in [-0.2, 0) is 5.60 Å². The fraction of sp³-hybridized carbons (Fsp3) is 0.323. The Morgan fingerprint density at radius 1 is 1.02 bits per heavy atom. The van der Waals surface area contributed by atoms with Gasteiger partial charge in [0.05, 0.1) is 28.0 Å². The molecule has 9 heteroatoms. The number of rotatable bonds is 9. The molecule has 40 heavy (non-hydrogen) atoms. The van der Waals surface area contributed by atoms with Crippen molar-refractivity contribution in [2.45, 2.75) is 50.2 Å². The number of halogens is 3. The monoisotopic (exact) mass is 601 g/mol. The van der Waals surface area contributed by atoms with Gasteiger partial charge in [-0.05, 0) is 86.1 Å². The first-order valence-corrected chi connectivity index (χ1v) is 14.2. The van der Waals surface area contributed by atoms with E-state index in [4.69, 9.17) is 45.3 Å². The molecule has 2 aliphatic carbocycles. The third-order valence-corrected chi connectivity index (χ3v) is 8.77. The van der Waals surface area contributed by atoms with E-state index in [1.165, 1.54) is 0 Å². The summed E-state index contributed by atoms with van der Waals surface area (Å²) >= 11 is 19.4. The topological polar surface area (TPSA) is 113 Å². The molecule has 2 saturated carbocycles. The molecule has 3 aromatic rings. The minimum absolute atomic E-state index is 0.00629. The number of ether oxygens (including phenoxy) is 1. The average molecular weight is 603 g/mol. The number of allylic oxidation sites excluding steroid dienone is 1. The summed E-state index contributed by atoms with van der Waals surface area (Å²) in [5.74, 6) is -0.263. The standard InChI is InChI=1S/C31H30Cl3NO5/c1-16-9-18(11-19(10-16)30(37)38)20-13-31(39,14-20)23-8-7-21(12-26(23)34)40-15-22(29(36)17-5-6-17)28(35)27-24(32)3-2-4-25(27)33/h2-4,7-12,17,20,28,36,39H,5-6,13-15,35H2,1H3,(H,37,38)/b29-22-. The van der Waals surface area contributed by atoms with Crippen LogP contribution < -0.4 is 10.5 Å². The summed E-state index contributed by atoms with van der Waals surface area (Å²) in [6.45, 7) is 1.86. The number of carboxylic acid groups (broad SMARTS) is 1. The summed E-state index contributed by atoms with van der Waals surface area (Å²) in [6, 6.07) is 14.7. The van der Waals surface area contributed by atoms with Crippen molar-refractivity contribution in [1.82, 2.24) is 0 Å². The van der Waals surface area contributed by atoms with Crippen molar-refractivity contribution in [3.8, 4) is 5.75 Å². The molecule has 0 saturated heterocycles. The fourth-order valence-corrected chi connectivity index (χ4v) is 6.41. The largest absolute Gasteiger partial charge is 0.512 e. The van der Waals surface area contributed by atoms with Gasteiger partial charge in [-0.3, -0.25) is 0 Å². The van der Waals surface area contributed by atoms with E-state index in [1.807, 2.05) is 13.0 Å². The Hall–Kier alpha value is -2.74. The Morgan fingerprint density at radius 3 is 2.30 bits per heavy atom. The molecular formula is C31H30Cl3NO5. The van der Waals surface area contributed by atoms with Crippen molar-refractivity contribution >= 4 is 40.8 Å². The summed E-state index contributed by atoms with van der Waals surface area (Å²) in [7, 11) is 0. The molecule has 5 N–H and O–H groups in total. The number of nitrogens with two attached hydrogens (primary N) is 1. The van der Waals surface area contributed by atoms with Crippen LogP contribution in [0.3, 0.4) is 0 Å². The highest BCUT2D eigenvalue weighted by molar-refractivity contribution is 6.36. The number of hydrogen-bond donors (Lipinski definition) is 4. The van der Waals surface area contributed by atoms with Crippen LogP contribution in [0.2, 0.25) is 15.1 Å². The van der Waals surface area contributed by atoms with Crippen LogP contribution in [0.25, 0.3) is 0 Å². The Morgan fingerprint density at radius 2 is 1.70 bits per heavy atom. The molecule has 0 spiro atoms. The minimum atomic E-state index is -1.13. The Labute approximate surface area is 247 Å². The molecule has 1 atom stereocenters. The minimum Gasteiger partial charge on any atom is -0.512 e. The quantitative estimate of drug-likeness (QED) is 0.187. The summed E-state index contributed by atoms with van der Waals surface area (Å²) < 4.78 is 6.02. The second-order valence-corrected chi connectivity index (χ2v) is 12.0. The van der Waals surface area contributed by atoms with Crippen molar-refractivity contribution in [2.75, 3.05) is 6.61 Å². The smallest absolute Gasteiger partial charge is 0.335 e. The molecular weight excluding hydrogens is 573 g/mol. The van der Waals surface area contributed by atoms with E-state index in [0.29, 0.717) is 50.4 Å². The van der Waals surface area contributed by atoms with Crippen LogP contribution in [0.4, 0.5) is 0 Å². The maximum absolute atomic E-state index is 11.5. The molecule has 0 amide bonds. The van der Waals surface area contributed by atoms with E-state index in [-0.39, 0.29) is 29.8 Å². The van der Waals surface area contributed by atoms with E-state index in [1.54, 1.807) is 48.5 Å². The lowest BCUT2D eigenvalue weighted by atomic mass is 9.64. The zero-order chi connectivity index (χ0) is 28.8. The van der Waals surface area contributed by atoms with E-state index in [0.717, 1.165) is 24.0 Å². The molecule has 210 valence electrons. The Bertz CT molecular complexity index is 1470. The molecule has 3 aromatic carbocycles. The van der Waals surface area contributed by atoms with Crippen molar-refractivity contribution in [3.63, 3.8) is 0 Å². The molecule has 2 fully saturated rings. The van der Waals surface area contributed by atoms with Crippen molar-refractivity contribution < 1.29 is 24.9 Å². The number of benzene rings is 3. The number of aryl methyl sites for hydroxylation is 1. The number of aliphatic hydroxyl groups excluding tert-OH is 1. The summed E-state index contributed by atoms with van der Waals surface area (Å²) in [5, 5.41) is 32.8. The predicted octanol–water partition coefficient (Wildman–Crippen LogP) is 7.72.